The number of rotatable bonds is 2. The summed E-state index contributed by atoms with van der Waals surface area (Å²) >= 11 is 0. The minimum atomic E-state index is -0.512. The van der Waals surface area contributed by atoms with E-state index < -0.39 is 6.10 Å². The summed E-state index contributed by atoms with van der Waals surface area (Å²) in [6.07, 6.45) is 0.0463. The first-order valence-corrected chi connectivity index (χ1v) is 6.96. The van der Waals surface area contributed by atoms with Crippen molar-refractivity contribution in [1.29, 1.82) is 0 Å². The molecule has 1 atom stereocenters. The molecular weight excluding hydrogens is 264 g/mol. The fourth-order valence-electron chi connectivity index (χ4n) is 2.52. The number of carbonyl (C=O) groups is 1. The van der Waals surface area contributed by atoms with Crippen molar-refractivity contribution in [3.05, 3.63) is 53.1 Å². The second-order valence-electron chi connectivity index (χ2n) is 5.49. The van der Waals surface area contributed by atoms with Crippen LogP contribution in [0.1, 0.15) is 16.7 Å². The zero-order chi connectivity index (χ0) is 15.0. The van der Waals surface area contributed by atoms with E-state index in [-0.39, 0.29) is 5.91 Å². The molecule has 0 saturated heterocycles. The first kappa shape index (κ1) is 13.5. The highest BCUT2D eigenvalue weighted by Crippen LogP contribution is 2.32. The molecule has 0 radical (unpaired) electrons. The van der Waals surface area contributed by atoms with Gasteiger partial charge in [-0.2, -0.15) is 0 Å². The molecule has 3 rings (SSSR count). The van der Waals surface area contributed by atoms with Crippen molar-refractivity contribution in [3.63, 3.8) is 0 Å². The van der Waals surface area contributed by atoms with Crippen molar-refractivity contribution in [1.82, 2.24) is 0 Å². The molecule has 2 aromatic carbocycles. The van der Waals surface area contributed by atoms with Gasteiger partial charge in [0.15, 0.2) is 6.10 Å². The molecule has 21 heavy (non-hydrogen) atoms. The first-order valence-electron chi connectivity index (χ1n) is 6.96. The van der Waals surface area contributed by atoms with E-state index in [4.69, 9.17) is 10.5 Å². The second-order valence-corrected chi connectivity index (χ2v) is 5.49. The van der Waals surface area contributed by atoms with Crippen LogP contribution in [0.2, 0.25) is 0 Å². The molecule has 0 bridgehead atoms. The summed E-state index contributed by atoms with van der Waals surface area (Å²) in [7, 11) is 0. The number of aryl methyl sites for hydroxylation is 2. The van der Waals surface area contributed by atoms with Crippen LogP contribution in [0.15, 0.2) is 36.4 Å². The highest BCUT2D eigenvalue weighted by Gasteiger charge is 2.28. The third kappa shape index (κ3) is 2.70. The molecule has 1 unspecified atom stereocenters. The van der Waals surface area contributed by atoms with Gasteiger partial charge in [0.2, 0.25) is 0 Å². The van der Waals surface area contributed by atoms with Crippen LogP contribution in [0.3, 0.4) is 0 Å². The maximum Gasteiger partial charge on any atom is 0.265 e. The number of nitrogens with one attached hydrogen (secondary N) is 1. The van der Waals surface area contributed by atoms with Crippen LogP contribution in [0.4, 0.5) is 11.4 Å². The smallest absolute Gasteiger partial charge is 0.265 e. The van der Waals surface area contributed by atoms with Gasteiger partial charge in [-0.15, -0.1) is 0 Å². The average Bonchev–Trinajstić information content (AvgIpc) is 2.44. The third-order valence-electron chi connectivity index (χ3n) is 3.73. The van der Waals surface area contributed by atoms with Crippen LogP contribution in [-0.4, -0.2) is 12.0 Å². The normalized spacial score (nSPS) is 16.9. The Balaban J connectivity index is 1.85. The Morgan fingerprint density at radius 3 is 2.81 bits per heavy atom. The van der Waals surface area contributed by atoms with Crippen LogP contribution in [-0.2, 0) is 11.2 Å². The number of nitrogen functional groups attached to an aromatic ring is 1. The molecule has 3 N–H and O–H groups in total. The fourth-order valence-corrected chi connectivity index (χ4v) is 2.52. The first-order chi connectivity index (χ1) is 10.0. The minimum Gasteiger partial charge on any atom is -0.478 e. The predicted octanol–water partition coefficient (Wildman–Crippen LogP) is 2.83. The SMILES string of the molecule is Cc1ccc(C)c(CC2Oc3ccc(N)cc3NC2=O)c1. The van der Waals surface area contributed by atoms with Gasteiger partial charge in [0.05, 0.1) is 5.69 Å². The molecule has 0 saturated carbocycles. The van der Waals surface area contributed by atoms with E-state index in [9.17, 15) is 4.79 Å². The van der Waals surface area contributed by atoms with Crippen LogP contribution in [0.5, 0.6) is 5.75 Å². The molecule has 4 heteroatoms. The molecule has 108 valence electrons. The van der Waals surface area contributed by atoms with E-state index in [0.717, 1.165) is 5.56 Å². The number of nitrogens with two attached hydrogens (primary N) is 1. The van der Waals surface area contributed by atoms with Gasteiger partial charge in [0.25, 0.3) is 5.91 Å². The maximum absolute atomic E-state index is 12.2. The second kappa shape index (κ2) is 5.13. The molecule has 1 aliphatic heterocycles. The molecule has 1 aliphatic rings. The monoisotopic (exact) mass is 282 g/mol. The lowest BCUT2D eigenvalue weighted by atomic mass is 9.99. The zero-order valence-corrected chi connectivity index (χ0v) is 12.1. The van der Waals surface area contributed by atoms with Crippen molar-refractivity contribution in [2.24, 2.45) is 0 Å². The number of hydrogen-bond acceptors (Lipinski definition) is 3. The van der Waals surface area contributed by atoms with Crippen molar-refractivity contribution in [2.45, 2.75) is 26.4 Å². The summed E-state index contributed by atoms with van der Waals surface area (Å²) in [5, 5.41) is 2.86. The summed E-state index contributed by atoms with van der Waals surface area (Å²) in [5.41, 5.74) is 10.4. The lowest BCUT2D eigenvalue weighted by Crippen LogP contribution is -2.38. The molecular formula is C17H18N2O2. The number of benzene rings is 2. The highest BCUT2D eigenvalue weighted by atomic mass is 16.5. The van der Waals surface area contributed by atoms with Gasteiger partial charge < -0.3 is 15.8 Å². The van der Waals surface area contributed by atoms with Crippen LogP contribution in [0.25, 0.3) is 0 Å². The lowest BCUT2D eigenvalue weighted by Gasteiger charge is -2.26. The number of anilines is 2. The topological polar surface area (TPSA) is 64.3 Å². The Labute approximate surface area is 123 Å². The maximum atomic E-state index is 12.2. The molecule has 0 aromatic heterocycles. The number of fused-ring (bicyclic) bond motifs is 1. The predicted molar refractivity (Wildman–Crippen MR) is 83.5 cm³/mol. The summed E-state index contributed by atoms with van der Waals surface area (Å²) in [6.45, 7) is 4.09. The van der Waals surface area contributed by atoms with E-state index in [1.165, 1.54) is 11.1 Å². The number of carbonyl (C=O) groups excluding carboxylic acids is 1. The summed E-state index contributed by atoms with van der Waals surface area (Å²) in [4.78, 5) is 12.2. The molecule has 0 aliphatic carbocycles. The summed E-state index contributed by atoms with van der Waals surface area (Å²) < 4.78 is 5.83. The standard InChI is InChI=1S/C17H18N2O2/c1-10-3-4-11(2)12(7-10)8-16-17(20)19-14-9-13(18)5-6-15(14)21-16/h3-7,9,16H,8,18H2,1-2H3,(H,19,20). The van der Waals surface area contributed by atoms with Gasteiger partial charge in [0, 0.05) is 12.1 Å². The Kier molecular flexibility index (Phi) is 3.29. The lowest BCUT2D eigenvalue weighted by molar-refractivity contribution is -0.123. The van der Waals surface area contributed by atoms with Crippen molar-refractivity contribution < 1.29 is 9.53 Å². The quantitative estimate of drug-likeness (QED) is 0.832. The zero-order valence-electron chi connectivity index (χ0n) is 12.1. The van der Waals surface area contributed by atoms with E-state index >= 15 is 0 Å². The van der Waals surface area contributed by atoms with E-state index in [1.807, 2.05) is 13.8 Å². The van der Waals surface area contributed by atoms with Crippen molar-refractivity contribution >= 4 is 17.3 Å². The molecule has 4 nitrogen and oxygen atoms in total. The molecule has 2 aromatic rings. The summed E-state index contributed by atoms with van der Waals surface area (Å²) in [5.74, 6) is 0.535. The molecule has 0 fully saturated rings. The van der Waals surface area contributed by atoms with Crippen molar-refractivity contribution in [2.75, 3.05) is 11.1 Å². The Morgan fingerprint density at radius 2 is 2.00 bits per heavy atom. The third-order valence-corrected chi connectivity index (χ3v) is 3.73. The average molecular weight is 282 g/mol. The Morgan fingerprint density at radius 1 is 1.19 bits per heavy atom. The highest BCUT2D eigenvalue weighted by molar-refractivity contribution is 5.98. The number of hydrogen-bond donors (Lipinski definition) is 2. The molecule has 1 amide bonds. The largest absolute Gasteiger partial charge is 0.478 e. The van der Waals surface area contributed by atoms with Crippen molar-refractivity contribution in [3.8, 4) is 5.75 Å². The van der Waals surface area contributed by atoms with Gasteiger partial charge in [-0.25, -0.2) is 0 Å². The minimum absolute atomic E-state index is 0.131. The summed E-state index contributed by atoms with van der Waals surface area (Å²) in [6, 6.07) is 11.5. The van der Waals surface area contributed by atoms with Gasteiger partial charge >= 0.3 is 0 Å². The fraction of sp³-hybridized carbons (Fsp3) is 0.235. The number of amides is 1. The number of ether oxygens (including phenoxy) is 1. The van der Waals surface area contributed by atoms with E-state index in [2.05, 4.69) is 23.5 Å². The van der Waals surface area contributed by atoms with Gasteiger partial charge in [-0.3, -0.25) is 4.79 Å². The van der Waals surface area contributed by atoms with Crippen LogP contribution < -0.4 is 15.8 Å². The van der Waals surface area contributed by atoms with Gasteiger partial charge in [-0.1, -0.05) is 23.8 Å². The van der Waals surface area contributed by atoms with E-state index in [0.29, 0.717) is 23.5 Å². The van der Waals surface area contributed by atoms with Gasteiger partial charge in [0.1, 0.15) is 5.75 Å². The van der Waals surface area contributed by atoms with Crippen LogP contribution in [0, 0.1) is 13.8 Å². The van der Waals surface area contributed by atoms with Crippen LogP contribution >= 0.6 is 0 Å². The molecule has 1 heterocycles. The Bertz CT molecular complexity index is 710. The van der Waals surface area contributed by atoms with E-state index in [1.54, 1.807) is 18.2 Å². The Hall–Kier alpha value is -2.49. The molecule has 0 spiro atoms. The van der Waals surface area contributed by atoms with Gasteiger partial charge in [-0.05, 0) is 43.2 Å².